The first-order valence-electron chi connectivity index (χ1n) is 13.2. The molecule has 0 bridgehead atoms. The van der Waals surface area contributed by atoms with Crippen molar-refractivity contribution < 1.29 is 0 Å². The lowest BCUT2D eigenvalue weighted by Gasteiger charge is -2.11. The van der Waals surface area contributed by atoms with Gasteiger partial charge in [0, 0.05) is 53.2 Å². The van der Waals surface area contributed by atoms with Gasteiger partial charge in [-0.15, -0.1) is 0 Å². The summed E-state index contributed by atoms with van der Waals surface area (Å²) in [6.07, 6.45) is 18.7. The lowest BCUT2D eigenvalue weighted by atomic mass is 10.1. The molecular weight excluding hydrogens is 474 g/mol. The van der Waals surface area contributed by atoms with Crippen LogP contribution in [0.2, 0.25) is 0 Å². The molecule has 0 aromatic carbocycles. The number of nitrogens with zero attached hydrogens (tertiary/aromatic N) is 6. The molecule has 9 heteroatoms. The number of imidazole rings is 1. The molecule has 9 nitrogen and oxygen atoms in total. The van der Waals surface area contributed by atoms with Crippen LogP contribution in [0.15, 0.2) is 61.7 Å². The molecule has 1 aliphatic rings. The van der Waals surface area contributed by atoms with Gasteiger partial charge < -0.3 is 14.9 Å². The number of hydrogen-bond donors (Lipinski definition) is 3. The summed E-state index contributed by atoms with van der Waals surface area (Å²) in [6, 6.07) is 6.45. The molecule has 0 atom stereocenters. The average Bonchev–Trinajstić information content (AvgIpc) is 3.74. The van der Waals surface area contributed by atoms with Crippen LogP contribution in [0.25, 0.3) is 50.1 Å². The summed E-state index contributed by atoms with van der Waals surface area (Å²) in [7, 11) is 0. The number of aromatic amines is 2. The highest BCUT2D eigenvalue weighted by atomic mass is 15.2. The van der Waals surface area contributed by atoms with E-state index in [-0.39, 0.29) is 0 Å². The van der Waals surface area contributed by atoms with Crippen molar-refractivity contribution in [2.24, 2.45) is 5.92 Å². The Morgan fingerprint density at radius 3 is 2.68 bits per heavy atom. The quantitative estimate of drug-likeness (QED) is 0.271. The Morgan fingerprint density at radius 1 is 0.947 bits per heavy atom. The number of nitrogens with one attached hydrogen (secondary N) is 3. The number of aromatic nitrogens is 8. The van der Waals surface area contributed by atoms with Crippen molar-refractivity contribution in [3.8, 4) is 28.2 Å². The summed E-state index contributed by atoms with van der Waals surface area (Å²) >= 11 is 0. The minimum Gasteiger partial charge on any atom is -0.352 e. The van der Waals surface area contributed by atoms with Gasteiger partial charge in [0.25, 0.3) is 0 Å². The summed E-state index contributed by atoms with van der Waals surface area (Å²) in [5.74, 6) is 0.817. The summed E-state index contributed by atoms with van der Waals surface area (Å²) < 4.78 is 1.99. The molecule has 6 aromatic rings. The fraction of sp³-hybridized carbons (Fsp3) is 0.276. The van der Waals surface area contributed by atoms with Gasteiger partial charge in [0.15, 0.2) is 5.65 Å². The Labute approximate surface area is 219 Å². The molecular formula is C29H29N9. The molecule has 0 amide bonds. The predicted octanol–water partition coefficient (Wildman–Crippen LogP) is 5.34. The van der Waals surface area contributed by atoms with E-state index in [1.165, 1.54) is 31.2 Å². The SMILES string of the molecule is Cc1cn(-c2cncc3[nH]c(-c4n[nH]c5ncc(-c6cncc(CNCC7CCCC7)c6)cc45)cc23)cn1. The van der Waals surface area contributed by atoms with Gasteiger partial charge in [0.1, 0.15) is 5.69 Å². The van der Waals surface area contributed by atoms with Crippen LogP contribution in [-0.4, -0.2) is 46.2 Å². The minimum absolute atomic E-state index is 0.744. The van der Waals surface area contributed by atoms with E-state index in [4.69, 9.17) is 0 Å². The van der Waals surface area contributed by atoms with Crippen molar-refractivity contribution in [3.63, 3.8) is 0 Å². The van der Waals surface area contributed by atoms with Crippen LogP contribution in [-0.2, 0) is 6.54 Å². The number of pyridine rings is 3. The number of fused-ring (bicyclic) bond motifs is 2. The largest absolute Gasteiger partial charge is 0.352 e. The van der Waals surface area contributed by atoms with Crippen LogP contribution in [0.1, 0.15) is 36.9 Å². The van der Waals surface area contributed by atoms with Crippen molar-refractivity contribution in [2.75, 3.05) is 6.54 Å². The van der Waals surface area contributed by atoms with E-state index in [1.54, 1.807) is 0 Å². The first-order chi connectivity index (χ1) is 18.7. The molecule has 6 aromatic heterocycles. The third-order valence-corrected chi connectivity index (χ3v) is 7.55. The van der Waals surface area contributed by atoms with E-state index in [0.29, 0.717) is 0 Å². The molecule has 0 aliphatic heterocycles. The van der Waals surface area contributed by atoms with Crippen molar-refractivity contribution in [1.82, 2.24) is 45.0 Å². The van der Waals surface area contributed by atoms with E-state index in [0.717, 1.165) is 74.8 Å². The molecule has 6 heterocycles. The second kappa shape index (κ2) is 9.50. The Kier molecular flexibility index (Phi) is 5.70. The molecule has 1 saturated carbocycles. The van der Waals surface area contributed by atoms with Gasteiger partial charge in [-0.05, 0) is 56.0 Å². The van der Waals surface area contributed by atoms with Gasteiger partial charge in [-0.3, -0.25) is 15.1 Å². The highest BCUT2D eigenvalue weighted by molar-refractivity contribution is 5.97. The topological polar surface area (TPSA) is 113 Å². The molecule has 3 N–H and O–H groups in total. The minimum atomic E-state index is 0.744. The first kappa shape index (κ1) is 22.8. The molecule has 0 saturated heterocycles. The van der Waals surface area contributed by atoms with E-state index in [9.17, 15) is 0 Å². The second-order valence-corrected chi connectivity index (χ2v) is 10.3. The fourth-order valence-corrected chi connectivity index (χ4v) is 5.57. The number of rotatable bonds is 7. The Balaban J connectivity index is 1.20. The van der Waals surface area contributed by atoms with Gasteiger partial charge in [-0.1, -0.05) is 12.8 Å². The van der Waals surface area contributed by atoms with Crippen LogP contribution >= 0.6 is 0 Å². The van der Waals surface area contributed by atoms with E-state index < -0.39 is 0 Å². The third-order valence-electron chi connectivity index (χ3n) is 7.55. The highest BCUT2D eigenvalue weighted by Gasteiger charge is 2.16. The second-order valence-electron chi connectivity index (χ2n) is 10.3. The van der Waals surface area contributed by atoms with Gasteiger partial charge in [0.2, 0.25) is 0 Å². The summed E-state index contributed by atoms with van der Waals surface area (Å²) in [4.78, 5) is 21.5. The first-order valence-corrected chi connectivity index (χ1v) is 13.2. The zero-order valence-electron chi connectivity index (χ0n) is 21.3. The van der Waals surface area contributed by atoms with E-state index in [2.05, 4.69) is 58.6 Å². The number of H-pyrrole nitrogens is 2. The summed E-state index contributed by atoms with van der Waals surface area (Å²) in [5.41, 5.74) is 8.56. The lowest BCUT2D eigenvalue weighted by Crippen LogP contribution is -2.20. The molecule has 0 radical (unpaired) electrons. The number of aryl methyl sites for hydroxylation is 1. The summed E-state index contributed by atoms with van der Waals surface area (Å²) in [5, 5.41) is 13.3. The van der Waals surface area contributed by atoms with Crippen LogP contribution in [0.5, 0.6) is 0 Å². The van der Waals surface area contributed by atoms with Crippen LogP contribution < -0.4 is 5.32 Å². The van der Waals surface area contributed by atoms with Crippen molar-refractivity contribution in [1.29, 1.82) is 0 Å². The highest BCUT2D eigenvalue weighted by Crippen LogP contribution is 2.32. The molecule has 1 aliphatic carbocycles. The van der Waals surface area contributed by atoms with Gasteiger partial charge in [0.05, 0.1) is 41.3 Å². The van der Waals surface area contributed by atoms with Crippen molar-refractivity contribution >= 4 is 21.9 Å². The van der Waals surface area contributed by atoms with Crippen LogP contribution in [0.4, 0.5) is 0 Å². The van der Waals surface area contributed by atoms with E-state index in [1.807, 2.05) is 55.0 Å². The van der Waals surface area contributed by atoms with Gasteiger partial charge in [-0.2, -0.15) is 5.10 Å². The zero-order valence-corrected chi connectivity index (χ0v) is 21.3. The van der Waals surface area contributed by atoms with Crippen molar-refractivity contribution in [3.05, 3.63) is 73.0 Å². The lowest BCUT2D eigenvalue weighted by molar-refractivity contribution is 0.489. The maximum atomic E-state index is 4.67. The Hall–Kier alpha value is -4.37. The van der Waals surface area contributed by atoms with Crippen molar-refractivity contribution in [2.45, 2.75) is 39.2 Å². The van der Waals surface area contributed by atoms with Crippen LogP contribution in [0, 0.1) is 12.8 Å². The zero-order chi connectivity index (χ0) is 25.5. The maximum Gasteiger partial charge on any atom is 0.155 e. The average molecular weight is 504 g/mol. The Bertz CT molecular complexity index is 1740. The molecule has 38 heavy (non-hydrogen) atoms. The molecule has 190 valence electrons. The van der Waals surface area contributed by atoms with Crippen LogP contribution in [0.3, 0.4) is 0 Å². The standard InChI is InChI=1S/C29H29N9/c1-18-16-38(17-34-18)27-15-32-14-26-23(27)8-25(35-26)28-24-7-22(13-33-29(24)37-36-28)21-6-20(11-31-12-21)10-30-9-19-4-2-3-5-19/h6-8,11-17,19,30,35H,2-5,9-10H2,1H3,(H,33,36,37). The normalized spacial score (nSPS) is 14.2. The molecule has 1 fully saturated rings. The number of hydrogen-bond acceptors (Lipinski definition) is 6. The maximum absolute atomic E-state index is 4.67. The molecule has 0 spiro atoms. The summed E-state index contributed by atoms with van der Waals surface area (Å²) in [6.45, 7) is 3.88. The molecule has 7 rings (SSSR count). The van der Waals surface area contributed by atoms with E-state index >= 15 is 0 Å². The van der Waals surface area contributed by atoms with Gasteiger partial charge in [-0.25, -0.2) is 9.97 Å². The Morgan fingerprint density at radius 2 is 1.82 bits per heavy atom. The fourth-order valence-electron chi connectivity index (χ4n) is 5.57. The monoisotopic (exact) mass is 503 g/mol. The predicted molar refractivity (Wildman–Crippen MR) is 148 cm³/mol. The third kappa shape index (κ3) is 4.24. The molecule has 0 unspecified atom stereocenters. The smallest absolute Gasteiger partial charge is 0.155 e. The van der Waals surface area contributed by atoms with Gasteiger partial charge >= 0.3 is 0 Å².